The van der Waals surface area contributed by atoms with Crippen molar-refractivity contribution >= 4 is 34.6 Å². The van der Waals surface area contributed by atoms with Gasteiger partial charge in [-0.15, -0.1) is 0 Å². The Morgan fingerprint density at radius 1 is 0.759 bits per heavy atom. The minimum absolute atomic E-state index is 0.00780. The van der Waals surface area contributed by atoms with E-state index in [-0.39, 0.29) is 60.8 Å². The molecule has 83 heavy (non-hydrogen) atoms. The number of aliphatic imine (C=N–C) groups is 1. The molecule has 3 aliphatic rings. The summed E-state index contributed by atoms with van der Waals surface area (Å²) in [6.45, 7) is 3.39. The third-order valence-electron chi connectivity index (χ3n) is 15.0. The number of hydrogen-bond donors (Lipinski definition) is 1. The number of nitrogens with zero attached hydrogens (tertiary/aromatic N) is 7. The predicted molar refractivity (Wildman–Crippen MR) is 306 cm³/mol. The van der Waals surface area contributed by atoms with E-state index < -0.39 is 70.6 Å². The fourth-order valence-electron chi connectivity index (χ4n) is 10.5. The summed E-state index contributed by atoms with van der Waals surface area (Å²) in [5.41, 5.74) is 1.90. The van der Waals surface area contributed by atoms with Crippen LogP contribution in [0.25, 0.3) is 11.3 Å². The van der Waals surface area contributed by atoms with Crippen molar-refractivity contribution < 1.29 is 54.8 Å². The van der Waals surface area contributed by atoms with E-state index in [1.54, 1.807) is 81.9 Å². The van der Waals surface area contributed by atoms with Crippen LogP contribution in [-0.4, -0.2) is 92.9 Å². The van der Waals surface area contributed by atoms with E-state index in [0.717, 1.165) is 27.9 Å². The van der Waals surface area contributed by atoms with Crippen LogP contribution in [0, 0.1) is 12.7 Å². The summed E-state index contributed by atoms with van der Waals surface area (Å²) in [4.78, 5) is 21.3. The van der Waals surface area contributed by atoms with Crippen LogP contribution in [0.2, 0.25) is 5.02 Å². The number of nitrogens with one attached hydrogen (secondary N) is 1. The zero-order chi connectivity index (χ0) is 58.7. The molecule has 0 saturated carbocycles. The van der Waals surface area contributed by atoms with Gasteiger partial charge in [0.05, 0.1) is 92.2 Å². The van der Waals surface area contributed by atoms with Gasteiger partial charge in [-0.25, -0.2) is 23.1 Å². The summed E-state index contributed by atoms with van der Waals surface area (Å²) in [7, 11) is 7.84. The van der Waals surface area contributed by atoms with Crippen molar-refractivity contribution in [3.8, 4) is 40.0 Å². The van der Waals surface area contributed by atoms with Crippen LogP contribution in [0.4, 0.5) is 43.5 Å². The monoisotopic (exact) mass is 1160 g/mol. The van der Waals surface area contributed by atoms with Crippen molar-refractivity contribution in [1.29, 1.82) is 0 Å². The van der Waals surface area contributed by atoms with Gasteiger partial charge in [-0.2, -0.15) is 13.2 Å². The van der Waals surface area contributed by atoms with Crippen molar-refractivity contribution in [3.05, 3.63) is 189 Å². The van der Waals surface area contributed by atoms with E-state index in [9.17, 15) is 8.78 Å². The highest BCUT2D eigenvalue weighted by atomic mass is 35.5. The molecule has 0 radical (unpaired) electrons. The molecule has 7 aromatic rings. The van der Waals surface area contributed by atoms with E-state index >= 15 is 17.6 Å². The number of anilines is 3. The molecule has 2 atom stereocenters. The number of hydrogen-bond acceptors (Lipinski definition) is 14. The van der Waals surface area contributed by atoms with Crippen LogP contribution < -0.4 is 38.8 Å². The highest BCUT2D eigenvalue weighted by Crippen LogP contribution is 2.51. The zero-order valence-corrected chi connectivity index (χ0v) is 47.4. The lowest BCUT2D eigenvalue weighted by Gasteiger charge is -2.32. The van der Waals surface area contributed by atoms with E-state index in [1.165, 1.54) is 24.1 Å². The quantitative estimate of drug-likeness (QED) is 0.0730. The number of ether oxygens (including phenoxy) is 6. The molecule has 0 aliphatic carbocycles. The predicted octanol–water partition coefficient (Wildman–Crippen LogP) is 13.5. The molecular weight excluding hydrogens is 1100 g/mol. The summed E-state index contributed by atoms with van der Waals surface area (Å²) < 4.78 is 129. The number of likely N-dealkylation sites (N-methyl/N-ethyl adjacent to an activating group) is 1. The molecule has 0 spiro atoms. The number of likely N-dealkylation sites (tertiary alicyclic amines) is 1. The molecule has 0 amide bonds. The SMILES string of the molecule is COc1ccc(CN(Cc2ccc(OC)cc2)c2cncc(C(C)N3C=C(OC[C@@H]4CC(F)(F)CN4C)Oc4c(F)c(-c5nc(N(Cc6ccc(OC)cc6)Cc6ccc(OC)cc6)cc(C)c5C(F)(F)F)c(Cl)c5c4C3=NCN5)c2)cc1. The Bertz CT molecular complexity index is 3420. The second-order valence-electron chi connectivity index (χ2n) is 20.6. The maximum atomic E-state index is 18.4. The smallest absolute Gasteiger partial charge is 0.418 e. The number of amidine groups is 1. The Morgan fingerprint density at radius 2 is 1.28 bits per heavy atom. The Balaban J connectivity index is 1.09. The first-order valence-corrected chi connectivity index (χ1v) is 27.0. The average molecular weight is 1160 g/mol. The lowest BCUT2D eigenvalue weighted by Crippen LogP contribution is -2.33. The Morgan fingerprint density at radius 3 is 1.76 bits per heavy atom. The fraction of sp³-hybridized carbons (Fsp3) is 0.306. The maximum Gasteiger partial charge on any atom is 0.418 e. The van der Waals surface area contributed by atoms with Crippen molar-refractivity contribution in [1.82, 2.24) is 19.8 Å². The first-order chi connectivity index (χ1) is 39.8. The van der Waals surface area contributed by atoms with Crippen molar-refractivity contribution in [2.45, 2.75) is 70.6 Å². The molecule has 14 nitrogen and oxygen atoms in total. The zero-order valence-electron chi connectivity index (χ0n) is 46.7. The normalized spacial score (nSPS) is 15.9. The van der Waals surface area contributed by atoms with Gasteiger partial charge >= 0.3 is 12.1 Å². The van der Waals surface area contributed by atoms with Crippen LogP contribution in [0.5, 0.6) is 28.7 Å². The molecule has 10 rings (SSSR count). The average Bonchev–Trinajstić information content (AvgIpc) is 3.09. The molecular formula is C62H61ClF6N8O6. The number of aromatic nitrogens is 2. The van der Waals surface area contributed by atoms with E-state index in [0.29, 0.717) is 41.7 Å². The van der Waals surface area contributed by atoms with Gasteiger partial charge in [-0.1, -0.05) is 60.1 Å². The molecule has 1 unspecified atom stereocenters. The van der Waals surface area contributed by atoms with Crippen LogP contribution in [0.15, 0.2) is 139 Å². The summed E-state index contributed by atoms with van der Waals surface area (Å²) >= 11 is 7.32. The largest absolute Gasteiger partial charge is 0.497 e. The van der Waals surface area contributed by atoms with E-state index in [2.05, 4.69) is 10.2 Å². The molecule has 5 heterocycles. The van der Waals surface area contributed by atoms with E-state index in [4.69, 9.17) is 55.0 Å². The molecule has 1 fully saturated rings. The number of pyridine rings is 2. The van der Waals surface area contributed by atoms with Crippen molar-refractivity contribution in [2.24, 2.45) is 4.99 Å². The van der Waals surface area contributed by atoms with Crippen molar-refractivity contribution in [3.63, 3.8) is 0 Å². The maximum absolute atomic E-state index is 18.4. The third-order valence-corrected chi connectivity index (χ3v) is 15.4. The third kappa shape index (κ3) is 12.7. The number of benzene rings is 5. The van der Waals surface area contributed by atoms with Crippen molar-refractivity contribution in [2.75, 3.05) is 70.4 Å². The minimum atomic E-state index is -5.07. The lowest BCUT2D eigenvalue weighted by molar-refractivity contribution is -0.137. The summed E-state index contributed by atoms with van der Waals surface area (Å²) in [5.74, 6) is -2.42. The van der Waals surface area contributed by atoms with Crippen LogP contribution in [0.3, 0.4) is 0 Å². The number of rotatable bonds is 20. The topological polar surface area (TPSA) is 119 Å². The second-order valence-corrected chi connectivity index (χ2v) is 20.9. The Labute approximate surface area is 482 Å². The highest BCUT2D eigenvalue weighted by molar-refractivity contribution is 6.37. The number of methoxy groups -OCH3 is 4. The number of halogens is 7. The van der Waals surface area contributed by atoms with Gasteiger partial charge in [-0.3, -0.25) is 9.88 Å². The van der Waals surface area contributed by atoms with Gasteiger partial charge in [0.15, 0.2) is 11.6 Å². The van der Waals surface area contributed by atoms with Gasteiger partial charge in [-0.05, 0) is 115 Å². The number of alkyl halides is 5. The molecule has 3 aliphatic heterocycles. The summed E-state index contributed by atoms with van der Waals surface area (Å²) in [5, 5.41) is 2.67. The fourth-order valence-corrected chi connectivity index (χ4v) is 10.9. The first kappa shape index (κ1) is 57.9. The summed E-state index contributed by atoms with van der Waals surface area (Å²) in [6, 6.07) is 31.7. The number of aryl methyl sites for hydroxylation is 1. The molecule has 1 N–H and O–H groups in total. The Kier molecular flexibility index (Phi) is 16.9. The van der Waals surface area contributed by atoms with Crippen LogP contribution in [-0.2, 0) is 37.1 Å². The van der Waals surface area contributed by atoms with Gasteiger partial charge in [0.2, 0.25) is 0 Å². The minimum Gasteiger partial charge on any atom is -0.497 e. The van der Waals surface area contributed by atoms with Crippen LogP contribution >= 0.6 is 11.6 Å². The highest BCUT2D eigenvalue weighted by Gasteiger charge is 2.45. The molecule has 5 aromatic carbocycles. The molecule has 434 valence electrons. The second kappa shape index (κ2) is 24.2. The van der Waals surface area contributed by atoms with Gasteiger partial charge in [0.1, 0.15) is 47.9 Å². The van der Waals surface area contributed by atoms with Crippen LogP contribution in [0.1, 0.15) is 63.9 Å². The molecule has 2 aromatic heterocycles. The molecule has 0 bridgehead atoms. The summed E-state index contributed by atoms with van der Waals surface area (Å²) in [6.07, 6.45) is -0.733. The van der Waals surface area contributed by atoms with Gasteiger partial charge < -0.3 is 48.4 Å². The lowest BCUT2D eigenvalue weighted by atomic mass is 9.95. The van der Waals surface area contributed by atoms with E-state index in [1.807, 2.05) is 85.8 Å². The molecule has 21 heteroatoms. The standard InChI is InChI=1S/C62H61ClF6N8O6/c1-37-24-50(76(31-41-12-20-48(80-6)21-13-41)32-42-14-22-49(81-7)23-15-42)73-57(54(37)62(67,68)69)52-55(63)58-53-59(56(52)64)83-51(82-34-45-26-61(65,66)35-74(45)3)33-77(60(53)72-36-71-58)38(2)43-25-44(28-70-27-43)75(29-39-8-16-46(78-4)17-9-39)30-40-10-18-47(79-5)19-11-40/h8-25,27-28,33,38,45,71H,26,29-32,34-36H2,1-7H3/t38?,45-/m0/s1. The van der Waals surface area contributed by atoms with Gasteiger partial charge in [0, 0.05) is 44.8 Å². The molecule has 1 saturated heterocycles. The van der Waals surface area contributed by atoms with Gasteiger partial charge in [0.25, 0.3) is 5.92 Å². The Hall–Kier alpha value is -8.36. The first-order valence-electron chi connectivity index (χ1n) is 26.6.